The lowest BCUT2D eigenvalue weighted by atomic mass is 10.1. The lowest BCUT2D eigenvalue weighted by Crippen LogP contribution is -2.32. The SMILES string of the molecule is CNc1ccc(C(=O)Nc2ccccc2N2CC3CCC2C3)cn1. The Hall–Kier alpha value is -2.56. The van der Waals surface area contributed by atoms with E-state index < -0.39 is 0 Å². The van der Waals surface area contributed by atoms with E-state index in [0.717, 1.165) is 29.7 Å². The van der Waals surface area contributed by atoms with Crippen molar-refractivity contribution in [2.45, 2.75) is 25.3 Å². The van der Waals surface area contributed by atoms with Crippen LogP contribution < -0.4 is 15.5 Å². The van der Waals surface area contributed by atoms with Crippen LogP contribution in [0.3, 0.4) is 0 Å². The van der Waals surface area contributed by atoms with E-state index >= 15 is 0 Å². The molecule has 5 heteroatoms. The molecule has 4 rings (SSSR count). The molecule has 124 valence electrons. The van der Waals surface area contributed by atoms with E-state index in [1.54, 1.807) is 18.3 Å². The number of anilines is 3. The van der Waals surface area contributed by atoms with Crippen molar-refractivity contribution >= 4 is 23.1 Å². The van der Waals surface area contributed by atoms with Crippen LogP contribution in [0.15, 0.2) is 42.6 Å². The molecule has 24 heavy (non-hydrogen) atoms. The van der Waals surface area contributed by atoms with E-state index in [9.17, 15) is 4.79 Å². The molecule has 2 aromatic rings. The number of rotatable bonds is 4. The molecule has 1 aromatic heterocycles. The Labute approximate surface area is 142 Å². The summed E-state index contributed by atoms with van der Waals surface area (Å²) in [5.41, 5.74) is 2.58. The molecule has 0 spiro atoms. The van der Waals surface area contributed by atoms with E-state index in [-0.39, 0.29) is 5.91 Å². The van der Waals surface area contributed by atoms with Crippen molar-refractivity contribution in [2.24, 2.45) is 5.92 Å². The van der Waals surface area contributed by atoms with Gasteiger partial charge in [0.25, 0.3) is 5.91 Å². The zero-order chi connectivity index (χ0) is 16.5. The summed E-state index contributed by atoms with van der Waals surface area (Å²) in [6.45, 7) is 1.11. The number of nitrogens with one attached hydrogen (secondary N) is 2. The molecule has 2 atom stereocenters. The fourth-order valence-corrected chi connectivity index (χ4v) is 3.92. The average Bonchev–Trinajstić information content (AvgIpc) is 3.25. The molecule has 2 fully saturated rings. The molecule has 2 heterocycles. The second kappa shape index (κ2) is 6.15. The average molecular weight is 322 g/mol. The maximum Gasteiger partial charge on any atom is 0.257 e. The van der Waals surface area contributed by atoms with Crippen LogP contribution in [-0.4, -0.2) is 30.5 Å². The van der Waals surface area contributed by atoms with Crippen LogP contribution >= 0.6 is 0 Å². The van der Waals surface area contributed by atoms with Gasteiger partial charge in [-0.25, -0.2) is 4.98 Å². The molecule has 1 saturated heterocycles. The van der Waals surface area contributed by atoms with Crippen LogP contribution in [0.4, 0.5) is 17.2 Å². The highest BCUT2D eigenvalue weighted by Gasteiger charge is 2.38. The lowest BCUT2D eigenvalue weighted by molar-refractivity contribution is 0.102. The highest BCUT2D eigenvalue weighted by molar-refractivity contribution is 6.05. The van der Waals surface area contributed by atoms with Crippen molar-refractivity contribution in [2.75, 3.05) is 29.1 Å². The summed E-state index contributed by atoms with van der Waals surface area (Å²) in [7, 11) is 1.81. The Bertz CT molecular complexity index is 743. The first-order valence-corrected chi connectivity index (χ1v) is 8.55. The third-order valence-electron chi connectivity index (χ3n) is 5.15. The number of amides is 1. The molecule has 2 aliphatic rings. The van der Waals surface area contributed by atoms with E-state index in [2.05, 4.69) is 26.6 Å². The standard InChI is InChI=1S/C19H22N4O/c1-20-18-9-7-14(11-21-18)19(24)22-16-4-2-3-5-17(16)23-12-13-6-8-15(23)10-13/h2-5,7,9,11,13,15H,6,8,10,12H2,1H3,(H,20,21)(H,22,24). The minimum Gasteiger partial charge on any atom is -0.373 e. The topological polar surface area (TPSA) is 57.3 Å². The maximum atomic E-state index is 12.6. The van der Waals surface area contributed by atoms with E-state index in [4.69, 9.17) is 0 Å². The van der Waals surface area contributed by atoms with Gasteiger partial charge < -0.3 is 15.5 Å². The summed E-state index contributed by atoms with van der Waals surface area (Å²) in [6, 6.07) is 12.3. The molecule has 1 saturated carbocycles. The lowest BCUT2D eigenvalue weighted by Gasteiger charge is -2.31. The normalized spacial score (nSPS) is 21.8. The van der Waals surface area contributed by atoms with Gasteiger partial charge in [-0.2, -0.15) is 0 Å². The number of aromatic nitrogens is 1. The Balaban J connectivity index is 1.55. The van der Waals surface area contributed by atoms with Crippen LogP contribution in [0.5, 0.6) is 0 Å². The zero-order valence-corrected chi connectivity index (χ0v) is 13.8. The zero-order valence-electron chi connectivity index (χ0n) is 13.8. The maximum absolute atomic E-state index is 12.6. The molecule has 2 N–H and O–H groups in total. The van der Waals surface area contributed by atoms with Crippen molar-refractivity contribution in [3.05, 3.63) is 48.2 Å². The predicted molar refractivity (Wildman–Crippen MR) is 96.7 cm³/mol. The Morgan fingerprint density at radius 2 is 2.08 bits per heavy atom. The van der Waals surface area contributed by atoms with Gasteiger partial charge in [0, 0.05) is 25.8 Å². The minimum absolute atomic E-state index is 0.123. The third-order valence-corrected chi connectivity index (χ3v) is 5.15. The summed E-state index contributed by atoms with van der Waals surface area (Å²) in [5, 5.41) is 6.01. The highest BCUT2D eigenvalue weighted by Crippen LogP contribution is 2.42. The first-order valence-electron chi connectivity index (χ1n) is 8.55. The van der Waals surface area contributed by atoms with Gasteiger partial charge in [-0.15, -0.1) is 0 Å². The van der Waals surface area contributed by atoms with Gasteiger partial charge in [0.1, 0.15) is 5.82 Å². The number of pyridine rings is 1. The summed E-state index contributed by atoms with van der Waals surface area (Å²) < 4.78 is 0. The summed E-state index contributed by atoms with van der Waals surface area (Å²) in [4.78, 5) is 19.2. The number of fused-ring (bicyclic) bond motifs is 2. The second-order valence-electron chi connectivity index (χ2n) is 6.64. The molecule has 1 aliphatic heterocycles. The monoisotopic (exact) mass is 322 g/mol. The number of hydrogen-bond donors (Lipinski definition) is 2. The number of piperidine rings is 1. The number of carbonyl (C=O) groups excluding carboxylic acids is 1. The fraction of sp³-hybridized carbons (Fsp3) is 0.368. The van der Waals surface area contributed by atoms with Gasteiger partial charge in [-0.3, -0.25) is 4.79 Å². The smallest absolute Gasteiger partial charge is 0.257 e. The number of para-hydroxylation sites is 2. The van der Waals surface area contributed by atoms with Gasteiger partial charge in [0.15, 0.2) is 0 Å². The van der Waals surface area contributed by atoms with E-state index in [0.29, 0.717) is 11.6 Å². The number of hydrogen-bond acceptors (Lipinski definition) is 4. The van der Waals surface area contributed by atoms with E-state index in [1.807, 2.05) is 25.2 Å². The first-order chi connectivity index (χ1) is 11.7. The summed E-state index contributed by atoms with van der Waals surface area (Å²) >= 11 is 0. The van der Waals surface area contributed by atoms with E-state index in [1.165, 1.54) is 19.3 Å². The van der Waals surface area contributed by atoms with Crippen LogP contribution in [0.2, 0.25) is 0 Å². The molecular weight excluding hydrogens is 300 g/mol. The molecule has 0 radical (unpaired) electrons. The van der Waals surface area contributed by atoms with Crippen molar-refractivity contribution in [1.29, 1.82) is 0 Å². The van der Waals surface area contributed by atoms with Crippen molar-refractivity contribution in [1.82, 2.24) is 4.98 Å². The van der Waals surface area contributed by atoms with Crippen LogP contribution in [-0.2, 0) is 0 Å². The summed E-state index contributed by atoms with van der Waals surface area (Å²) in [5.74, 6) is 1.44. The molecule has 5 nitrogen and oxygen atoms in total. The molecule has 2 unspecified atom stereocenters. The van der Waals surface area contributed by atoms with Crippen molar-refractivity contribution < 1.29 is 4.79 Å². The highest BCUT2D eigenvalue weighted by atomic mass is 16.1. The fourth-order valence-electron chi connectivity index (χ4n) is 3.92. The second-order valence-corrected chi connectivity index (χ2v) is 6.64. The first kappa shape index (κ1) is 15.0. The van der Waals surface area contributed by atoms with Gasteiger partial charge in [-0.1, -0.05) is 12.1 Å². The quantitative estimate of drug-likeness (QED) is 0.906. The Kier molecular flexibility index (Phi) is 3.84. The number of benzene rings is 1. The molecule has 1 aliphatic carbocycles. The van der Waals surface area contributed by atoms with Gasteiger partial charge in [0.05, 0.1) is 16.9 Å². The van der Waals surface area contributed by atoms with Crippen molar-refractivity contribution in [3.63, 3.8) is 0 Å². The van der Waals surface area contributed by atoms with Crippen LogP contribution in [0.1, 0.15) is 29.6 Å². The largest absolute Gasteiger partial charge is 0.373 e. The number of carbonyl (C=O) groups is 1. The molecule has 1 amide bonds. The third kappa shape index (κ3) is 2.70. The molecule has 2 bridgehead atoms. The van der Waals surface area contributed by atoms with Crippen LogP contribution in [0.25, 0.3) is 0 Å². The Morgan fingerprint density at radius 3 is 2.75 bits per heavy atom. The van der Waals surface area contributed by atoms with Gasteiger partial charge >= 0.3 is 0 Å². The van der Waals surface area contributed by atoms with Crippen LogP contribution in [0, 0.1) is 5.92 Å². The minimum atomic E-state index is -0.123. The summed E-state index contributed by atoms with van der Waals surface area (Å²) in [6.07, 6.45) is 5.50. The number of nitrogens with zero attached hydrogens (tertiary/aromatic N) is 2. The van der Waals surface area contributed by atoms with Crippen molar-refractivity contribution in [3.8, 4) is 0 Å². The van der Waals surface area contributed by atoms with Gasteiger partial charge in [-0.05, 0) is 49.4 Å². The predicted octanol–water partition coefficient (Wildman–Crippen LogP) is 3.36. The molecule has 1 aromatic carbocycles. The Morgan fingerprint density at radius 1 is 1.21 bits per heavy atom. The van der Waals surface area contributed by atoms with Gasteiger partial charge in [0.2, 0.25) is 0 Å². The molecular formula is C19H22N4O.